The minimum Gasteiger partial charge on any atom is -0.299 e. The fourth-order valence-electron chi connectivity index (χ4n) is 3.38. The molecule has 0 aromatic heterocycles. The van der Waals surface area contributed by atoms with E-state index in [-0.39, 0.29) is 16.4 Å². The number of aryl methyl sites for hydroxylation is 1. The van der Waals surface area contributed by atoms with E-state index in [0.717, 1.165) is 17.5 Å². The third-order valence-corrected chi connectivity index (χ3v) is 6.55. The van der Waals surface area contributed by atoms with Crippen LogP contribution < -0.4 is 0 Å². The van der Waals surface area contributed by atoms with E-state index in [9.17, 15) is 13.2 Å². The number of sulfone groups is 1. The summed E-state index contributed by atoms with van der Waals surface area (Å²) < 4.78 is 25.7. The van der Waals surface area contributed by atoms with Gasteiger partial charge in [-0.1, -0.05) is 48.0 Å². The van der Waals surface area contributed by atoms with Gasteiger partial charge in [0, 0.05) is 6.42 Å². The monoisotopic (exact) mass is 328 g/mol. The molecule has 1 atom stereocenters. The van der Waals surface area contributed by atoms with Crippen molar-refractivity contribution in [1.82, 2.24) is 0 Å². The summed E-state index contributed by atoms with van der Waals surface area (Å²) in [5, 5.41) is 0. The first-order chi connectivity index (χ1) is 10.9. The molecule has 0 radical (unpaired) electrons. The molecule has 0 N–H and O–H groups in total. The molecule has 2 aromatic carbocycles. The van der Waals surface area contributed by atoms with Gasteiger partial charge in [-0.25, -0.2) is 8.42 Å². The van der Waals surface area contributed by atoms with Gasteiger partial charge in [-0.2, -0.15) is 0 Å². The van der Waals surface area contributed by atoms with Crippen LogP contribution in [0.1, 0.15) is 30.4 Å². The quantitative estimate of drug-likeness (QED) is 0.863. The lowest BCUT2D eigenvalue weighted by Crippen LogP contribution is -2.38. The van der Waals surface area contributed by atoms with Gasteiger partial charge in [-0.3, -0.25) is 4.79 Å². The summed E-state index contributed by atoms with van der Waals surface area (Å²) in [6.07, 6.45) is 1.80. The molecule has 0 aliphatic heterocycles. The van der Waals surface area contributed by atoms with Crippen molar-refractivity contribution in [3.63, 3.8) is 0 Å². The second-order valence-corrected chi connectivity index (χ2v) is 8.29. The summed E-state index contributed by atoms with van der Waals surface area (Å²) in [5.74, 6) is -0.106. The van der Waals surface area contributed by atoms with E-state index in [4.69, 9.17) is 0 Å². The first-order valence-corrected chi connectivity index (χ1v) is 9.48. The number of carbonyl (C=O) groups excluding carboxylic acids is 1. The molecule has 1 fully saturated rings. The van der Waals surface area contributed by atoms with Crippen LogP contribution in [0, 0.1) is 6.92 Å². The largest absolute Gasteiger partial charge is 0.299 e. The van der Waals surface area contributed by atoms with Crippen molar-refractivity contribution in [3.8, 4) is 0 Å². The van der Waals surface area contributed by atoms with Crippen LogP contribution in [0.15, 0.2) is 59.5 Å². The molecule has 23 heavy (non-hydrogen) atoms. The van der Waals surface area contributed by atoms with Gasteiger partial charge in [0.2, 0.25) is 0 Å². The van der Waals surface area contributed by atoms with E-state index in [1.54, 1.807) is 24.3 Å². The Labute approximate surface area is 137 Å². The molecular weight excluding hydrogens is 308 g/mol. The second kappa shape index (κ2) is 5.93. The Morgan fingerprint density at radius 3 is 2.22 bits per heavy atom. The summed E-state index contributed by atoms with van der Waals surface area (Å²) in [6, 6.07) is 16.2. The number of hydrogen-bond acceptors (Lipinski definition) is 3. The minimum atomic E-state index is -3.52. The lowest BCUT2D eigenvalue weighted by Gasteiger charge is -2.27. The predicted molar refractivity (Wildman–Crippen MR) is 90.2 cm³/mol. The summed E-state index contributed by atoms with van der Waals surface area (Å²) in [5.41, 5.74) is 0.933. The van der Waals surface area contributed by atoms with Crippen molar-refractivity contribution >= 4 is 15.6 Å². The SMILES string of the molecule is Cc1ccc(S(=O)(=O)C[C@]2(c3ccccc3)CCCC2=O)cc1. The summed E-state index contributed by atoms with van der Waals surface area (Å²) in [7, 11) is -3.52. The molecule has 1 aliphatic rings. The summed E-state index contributed by atoms with van der Waals surface area (Å²) >= 11 is 0. The van der Waals surface area contributed by atoms with E-state index in [0.29, 0.717) is 12.8 Å². The summed E-state index contributed by atoms with van der Waals surface area (Å²) in [6.45, 7) is 1.92. The molecular formula is C19H20O3S. The fraction of sp³-hybridized carbons (Fsp3) is 0.316. The molecule has 0 amide bonds. The zero-order valence-corrected chi connectivity index (χ0v) is 14.0. The van der Waals surface area contributed by atoms with Crippen LogP contribution in [0.25, 0.3) is 0 Å². The number of Topliss-reactive ketones (excluding diaryl/α,β-unsaturated/α-hetero) is 1. The van der Waals surface area contributed by atoms with E-state index in [1.165, 1.54) is 0 Å². The Balaban J connectivity index is 2.03. The Morgan fingerprint density at radius 2 is 1.65 bits per heavy atom. The lowest BCUT2D eigenvalue weighted by molar-refractivity contribution is -0.121. The molecule has 0 unspecified atom stereocenters. The van der Waals surface area contributed by atoms with Crippen molar-refractivity contribution < 1.29 is 13.2 Å². The molecule has 2 aromatic rings. The Bertz CT molecular complexity index is 807. The van der Waals surface area contributed by atoms with Crippen LogP contribution in [0.3, 0.4) is 0 Å². The van der Waals surface area contributed by atoms with Crippen molar-refractivity contribution in [2.24, 2.45) is 0 Å². The molecule has 3 nitrogen and oxygen atoms in total. The normalized spacial score (nSPS) is 21.5. The molecule has 0 saturated heterocycles. The molecule has 120 valence electrons. The maximum atomic E-state index is 12.9. The van der Waals surface area contributed by atoms with E-state index < -0.39 is 15.3 Å². The fourth-order valence-corrected chi connectivity index (χ4v) is 5.22. The zero-order chi connectivity index (χ0) is 16.5. The third-order valence-electron chi connectivity index (χ3n) is 4.68. The van der Waals surface area contributed by atoms with Gasteiger partial charge in [-0.15, -0.1) is 0 Å². The molecule has 0 bridgehead atoms. The third kappa shape index (κ3) is 2.95. The molecule has 0 heterocycles. The van der Waals surface area contributed by atoms with Crippen LogP contribution in [0.5, 0.6) is 0 Å². The minimum absolute atomic E-state index is 0.0411. The maximum Gasteiger partial charge on any atom is 0.179 e. The van der Waals surface area contributed by atoms with Gasteiger partial charge < -0.3 is 0 Å². The molecule has 4 heteroatoms. The van der Waals surface area contributed by atoms with Crippen molar-refractivity contribution in [1.29, 1.82) is 0 Å². The van der Waals surface area contributed by atoms with Gasteiger partial charge in [0.15, 0.2) is 9.84 Å². The topological polar surface area (TPSA) is 51.2 Å². The van der Waals surface area contributed by atoms with Gasteiger partial charge in [0.25, 0.3) is 0 Å². The highest BCUT2D eigenvalue weighted by Gasteiger charge is 2.46. The van der Waals surface area contributed by atoms with Gasteiger partial charge >= 0.3 is 0 Å². The number of rotatable bonds is 4. The van der Waals surface area contributed by atoms with Crippen LogP contribution in [-0.4, -0.2) is 20.0 Å². The first-order valence-electron chi connectivity index (χ1n) is 7.82. The first kappa shape index (κ1) is 15.9. The van der Waals surface area contributed by atoms with E-state index in [2.05, 4.69) is 0 Å². The van der Waals surface area contributed by atoms with Crippen molar-refractivity contribution in [2.45, 2.75) is 36.5 Å². The van der Waals surface area contributed by atoms with E-state index in [1.807, 2.05) is 37.3 Å². The van der Waals surface area contributed by atoms with Gasteiger partial charge in [0.05, 0.1) is 16.1 Å². The van der Waals surface area contributed by atoms with E-state index >= 15 is 0 Å². The maximum absolute atomic E-state index is 12.9. The molecule has 3 rings (SSSR count). The number of carbonyl (C=O) groups is 1. The highest BCUT2D eigenvalue weighted by atomic mass is 32.2. The number of hydrogen-bond donors (Lipinski definition) is 0. The van der Waals surface area contributed by atoms with Gasteiger partial charge in [0.1, 0.15) is 5.78 Å². The Morgan fingerprint density at radius 1 is 1.00 bits per heavy atom. The second-order valence-electron chi connectivity index (χ2n) is 6.30. The Kier molecular flexibility index (Phi) is 4.11. The van der Waals surface area contributed by atoms with Crippen LogP contribution in [0.2, 0.25) is 0 Å². The lowest BCUT2D eigenvalue weighted by atomic mass is 9.80. The number of ketones is 1. The van der Waals surface area contributed by atoms with Crippen LogP contribution >= 0.6 is 0 Å². The Hall–Kier alpha value is -1.94. The molecule has 0 spiro atoms. The summed E-state index contributed by atoms with van der Waals surface area (Å²) in [4.78, 5) is 12.9. The molecule has 1 aliphatic carbocycles. The van der Waals surface area contributed by atoms with Gasteiger partial charge in [-0.05, 0) is 37.5 Å². The highest BCUT2D eigenvalue weighted by molar-refractivity contribution is 7.91. The highest BCUT2D eigenvalue weighted by Crippen LogP contribution is 2.40. The van der Waals surface area contributed by atoms with Crippen molar-refractivity contribution in [3.05, 3.63) is 65.7 Å². The average molecular weight is 328 g/mol. The number of benzene rings is 2. The zero-order valence-electron chi connectivity index (χ0n) is 13.2. The van der Waals surface area contributed by atoms with Crippen LogP contribution in [0.4, 0.5) is 0 Å². The standard InChI is InChI=1S/C19H20O3S/c1-15-9-11-17(12-10-15)23(21,22)14-19(13-5-8-18(19)20)16-6-3-2-4-7-16/h2-4,6-7,9-12H,5,8,13-14H2,1H3/t19-/m0/s1. The van der Waals surface area contributed by atoms with Crippen molar-refractivity contribution in [2.75, 3.05) is 5.75 Å². The van der Waals surface area contributed by atoms with Crippen LogP contribution in [-0.2, 0) is 20.0 Å². The molecule has 1 saturated carbocycles. The smallest absolute Gasteiger partial charge is 0.179 e. The average Bonchev–Trinajstić information content (AvgIpc) is 2.90. The predicted octanol–water partition coefficient (Wildman–Crippen LogP) is 3.46.